The highest BCUT2D eigenvalue weighted by molar-refractivity contribution is 6.30. The van der Waals surface area contributed by atoms with Crippen LogP contribution in [-0.2, 0) is 6.54 Å². The minimum Gasteiger partial charge on any atom is -0.306 e. The van der Waals surface area contributed by atoms with Crippen molar-refractivity contribution in [2.75, 3.05) is 0 Å². The van der Waals surface area contributed by atoms with Crippen LogP contribution >= 0.6 is 11.6 Å². The van der Waals surface area contributed by atoms with Gasteiger partial charge in [-0.3, -0.25) is 0 Å². The molecule has 1 atom stereocenters. The quantitative estimate of drug-likeness (QED) is 0.858. The standard InChI is InChI=1S/C16H17ClFN/c1-11-9-15(17)6-3-14(11)10-19-12(2)13-4-7-16(18)8-5-13/h3-9,12,19H,10H2,1-2H3/t12-/m0/s1. The maximum absolute atomic E-state index is 12.9. The van der Waals surface area contributed by atoms with Crippen molar-refractivity contribution in [1.29, 1.82) is 0 Å². The van der Waals surface area contributed by atoms with Crippen molar-refractivity contribution < 1.29 is 4.39 Å². The summed E-state index contributed by atoms with van der Waals surface area (Å²) >= 11 is 5.93. The number of nitrogens with one attached hydrogen (secondary N) is 1. The summed E-state index contributed by atoms with van der Waals surface area (Å²) in [4.78, 5) is 0. The molecule has 0 amide bonds. The molecule has 0 heterocycles. The van der Waals surface area contributed by atoms with E-state index in [1.54, 1.807) is 0 Å². The Hall–Kier alpha value is -1.38. The van der Waals surface area contributed by atoms with Crippen molar-refractivity contribution in [1.82, 2.24) is 5.32 Å². The molecular weight excluding hydrogens is 261 g/mol. The maximum atomic E-state index is 12.9. The lowest BCUT2D eigenvalue weighted by atomic mass is 10.1. The zero-order valence-corrected chi connectivity index (χ0v) is 11.8. The van der Waals surface area contributed by atoms with Gasteiger partial charge in [-0.15, -0.1) is 0 Å². The summed E-state index contributed by atoms with van der Waals surface area (Å²) in [5, 5.41) is 4.19. The Kier molecular flexibility index (Phi) is 4.56. The second-order valence-corrected chi connectivity index (χ2v) is 5.16. The molecule has 0 bridgehead atoms. The average Bonchev–Trinajstić information content (AvgIpc) is 2.38. The molecule has 0 aliphatic carbocycles. The predicted octanol–water partition coefficient (Wildman–Crippen LogP) is 4.64. The first-order valence-corrected chi connectivity index (χ1v) is 6.68. The summed E-state index contributed by atoms with van der Waals surface area (Å²) in [6.45, 7) is 4.88. The third-order valence-corrected chi connectivity index (χ3v) is 3.51. The first kappa shape index (κ1) is 14.0. The van der Waals surface area contributed by atoms with E-state index in [9.17, 15) is 4.39 Å². The van der Waals surface area contributed by atoms with Gasteiger partial charge in [0.2, 0.25) is 0 Å². The fraction of sp³-hybridized carbons (Fsp3) is 0.250. The van der Waals surface area contributed by atoms with E-state index in [2.05, 4.69) is 12.2 Å². The summed E-state index contributed by atoms with van der Waals surface area (Å²) in [7, 11) is 0. The number of benzene rings is 2. The first-order chi connectivity index (χ1) is 9.06. The van der Waals surface area contributed by atoms with Crippen LogP contribution in [0.5, 0.6) is 0 Å². The Labute approximate surface area is 118 Å². The molecule has 1 N–H and O–H groups in total. The Bertz CT molecular complexity index is 551. The summed E-state index contributed by atoms with van der Waals surface area (Å²) in [5.41, 5.74) is 3.47. The number of halogens is 2. The third kappa shape index (κ3) is 3.79. The largest absolute Gasteiger partial charge is 0.306 e. The molecule has 0 saturated heterocycles. The van der Waals surface area contributed by atoms with Crippen LogP contribution in [0.4, 0.5) is 4.39 Å². The Morgan fingerprint density at radius 3 is 2.47 bits per heavy atom. The van der Waals surface area contributed by atoms with Gasteiger partial charge in [-0.05, 0) is 54.8 Å². The summed E-state index contributed by atoms with van der Waals surface area (Å²) in [5.74, 6) is -0.204. The summed E-state index contributed by atoms with van der Waals surface area (Å²) < 4.78 is 12.9. The summed E-state index contributed by atoms with van der Waals surface area (Å²) in [6.07, 6.45) is 0. The first-order valence-electron chi connectivity index (χ1n) is 6.30. The molecule has 0 aliphatic rings. The summed E-state index contributed by atoms with van der Waals surface area (Å²) in [6, 6.07) is 12.7. The molecule has 0 radical (unpaired) electrons. The van der Waals surface area contributed by atoms with E-state index in [1.165, 1.54) is 23.3 Å². The van der Waals surface area contributed by atoms with Crippen LogP contribution in [0.2, 0.25) is 5.02 Å². The Morgan fingerprint density at radius 2 is 1.84 bits per heavy atom. The van der Waals surface area contributed by atoms with E-state index in [0.29, 0.717) is 0 Å². The highest BCUT2D eigenvalue weighted by Crippen LogP contribution is 2.17. The van der Waals surface area contributed by atoms with Gasteiger partial charge in [-0.25, -0.2) is 4.39 Å². The second kappa shape index (κ2) is 6.18. The van der Waals surface area contributed by atoms with Gasteiger partial charge < -0.3 is 5.32 Å². The Balaban J connectivity index is 2.00. The molecule has 0 unspecified atom stereocenters. The number of hydrogen-bond donors (Lipinski definition) is 1. The highest BCUT2D eigenvalue weighted by atomic mass is 35.5. The van der Waals surface area contributed by atoms with Crippen LogP contribution < -0.4 is 5.32 Å². The van der Waals surface area contributed by atoms with Crippen LogP contribution in [-0.4, -0.2) is 0 Å². The molecule has 0 fully saturated rings. The van der Waals surface area contributed by atoms with Gasteiger partial charge in [0.05, 0.1) is 0 Å². The minimum absolute atomic E-state index is 0.177. The van der Waals surface area contributed by atoms with Crippen molar-refractivity contribution in [3.8, 4) is 0 Å². The molecule has 100 valence electrons. The molecule has 2 aromatic rings. The van der Waals surface area contributed by atoms with E-state index in [1.807, 2.05) is 37.3 Å². The highest BCUT2D eigenvalue weighted by Gasteiger charge is 2.06. The van der Waals surface area contributed by atoms with Crippen LogP contribution in [0.15, 0.2) is 42.5 Å². The van der Waals surface area contributed by atoms with Gasteiger partial charge in [0.1, 0.15) is 5.82 Å². The Morgan fingerprint density at radius 1 is 1.16 bits per heavy atom. The van der Waals surface area contributed by atoms with Gasteiger partial charge in [0, 0.05) is 17.6 Å². The second-order valence-electron chi connectivity index (χ2n) is 4.72. The molecule has 0 aromatic heterocycles. The number of hydrogen-bond acceptors (Lipinski definition) is 1. The number of rotatable bonds is 4. The van der Waals surface area contributed by atoms with Crippen molar-refractivity contribution in [2.45, 2.75) is 26.4 Å². The molecule has 2 aromatic carbocycles. The van der Waals surface area contributed by atoms with E-state index >= 15 is 0 Å². The van der Waals surface area contributed by atoms with Crippen LogP contribution in [0, 0.1) is 12.7 Å². The fourth-order valence-electron chi connectivity index (χ4n) is 1.99. The average molecular weight is 278 g/mol. The van der Waals surface area contributed by atoms with Crippen LogP contribution in [0.25, 0.3) is 0 Å². The van der Waals surface area contributed by atoms with Crippen molar-refractivity contribution in [3.05, 3.63) is 70.0 Å². The molecule has 0 saturated carbocycles. The lowest BCUT2D eigenvalue weighted by Gasteiger charge is -2.15. The van der Waals surface area contributed by atoms with E-state index < -0.39 is 0 Å². The van der Waals surface area contributed by atoms with Crippen molar-refractivity contribution >= 4 is 11.6 Å². The van der Waals surface area contributed by atoms with Gasteiger partial charge in [-0.2, -0.15) is 0 Å². The minimum atomic E-state index is -0.204. The van der Waals surface area contributed by atoms with Crippen LogP contribution in [0.1, 0.15) is 29.7 Å². The van der Waals surface area contributed by atoms with Gasteiger partial charge >= 0.3 is 0 Å². The van der Waals surface area contributed by atoms with Crippen molar-refractivity contribution in [3.63, 3.8) is 0 Å². The SMILES string of the molecule is Cc1cc(Cl)ccc1CN[C@@H](C)c1ccc(F)cc1. The van der Waals surface area contributed by atoms with Crippen molar-refractivity contribution in [2.24, 2.45) is 0 Å². The molecular formula is C16H17ClFN. The lowest BCUT2D eigenvalue weighted by Crippen LogP contribution is -2.18. The smallest absolute Gasteiger partial charge is 0.123 e. The van der Waals surface area contributed by atoms with Gasteiger partial charge in [0.25, 0.3) is 0 Å². The van der Waals surface area contributed by atoms with E-state index in [4.69, 9.17) is 11.6 Å². The topological polar surface area (TPSA) is 12.0 Å². The predicted molar refractivity (Wildman–Crippen MR) is 77.8 cm³/mol. The molecule has 0 aliphatic heterocycles. The molecule has 19 heavy (non-hydrogen) atoms. The molecule has 0 spiro atoms. The zero-order valence-electron chi connectivity index (χ0n) is 11.1. The van der Waals surface area contributed by atoms with E-state index in [0.717, 1.165) is 17.1 Å². The monoisotopic (exact) mass is 277 g/mol. The maximum Gasteiger partial charge on any atom is 0.123 e. The molecule has 1 nitrogen and oxygen atoms in total. The van der Waals surface area contributed by atoms with E-state index in [-0.39, 0.29) is 11.9 Å². The number of aryl methyl sites for hydroxylation is 1. The zero-order chi connectivity index (χ0) is 13.8. The molecule has 2 rings (SSSR count). The molecule has 3 heteroatoms. The van der Waals surface area contributed by atoms with Gasteiger partial charge in [0.15, 0.2) is 0 Å². The fourth-order valence-corrected chi connectivity index (χ4v) is 2.22. The van der Waals surface area contributed by atoms with Gasteiger partial charge in [-0.1, -0.05) is 29.8 Å². The lowest BCUT2D eigenvalue weighted by molar-refractivity contribution is 0.570. The third-order valence-electron chi connectivity index (χ3n) is 3.27. The van der Waals surface area contributed by atoms with Crippen LogP contribution in [0.3, 0.4) is 0 Å². The normalized spacial score (nSPS) is 12.4.